The van der Waals surface area contributed by atoms with E-state index in [1.807, 2.05) is 25.1 Å². The molecule has 1 aromatic carbocycles. The van der Waals surface area contributed by atoms with Crippen LogP contribution in [0.5, 0.6) is 5.75 Å². The number of carbonyl (C=O) groups excluding carboxylic acids is 3. The Morgan fingerprint density at radius 3 is 2.76 bits per heavy atom. The molecule has 6 heteroatoms. The second kappa shape index (κ2) is 7.81. The number of nitrogens with one attached hydrogen (secondary N) is 1. The van der Waals surface area contributed by atoms with E-state index in [9.17, 15) is 14.4 Å². The maximum Gasteiger partial charge on any atom is 0.242 e. The number of hydrogen-bond acceptors (Lipinski definition) is 4. The van der Waals surface area contributed by atoms with Crippen molar-refractivity contribution in [2.45, 2.75) is 82.9 Å². The van der Waals surface area contributed by atoms with E-state index in [1.165, 1.54) is 0 Å². The van der Waals surface area contributed by atoms with Gasteiger partial charge in [-0.05, 0) is 45.2 Å². The Hall–Kier alpha value is -2.37. The molecule has 0 aromatic heterocycles. The first kappa shape index (κ1) is 19.9. The predicted molar refractivity (Wildman–Crippen MR) is 109 cm³/mol. The summed E-state index contributed by atoms with van der Waals surface area (Å²) in [5.41, 5.74) is 0.999. The molecule has 2 atom stereocenters. The average Bonchev–Trinajstić information content (AvgIpc) is 3.14. The molecule has 156 valence electrons. The quantitative estimate of drug-likeness (QED) is 0.849. The lowest BCUT2D eigenvalue weighted by Gasteiger charge is -2.37. The van der Waals surface area contributed by atoms with Gasteiger partial charge in [-0.1, -0.05) is 24.5 Å². The summed E-state index contributed by atoms with van der Waals surface area (Å²) in [6.07, 6.45) is 5.96. The van der Waals surface area contributed by atoms with Crippen LogP contribution in [0.4, 0.5) is 0 Å². The number of ketones is 1. The molecule has 3 aliphatic rings. The average molecular weight is 399 g/mol. The summed E-state index contributed by atoms with van der Waals surface area (Å²) in [7, 11) is 0. The van der Waals surface area contributed by atoms with Gasteiger partial charge in [-0.2, -0.15) is 0 Å². The molecule has 1 N–H and O–H groups in total. The van der Waals surface area contributed by atoms with Crippen LogP contribution in [0.15, 0.2) is 18.2 Å². The summed E-state index contributed by atoms with van der Waals surface area (Å²) in [6.45, 7) is 4.18. The van der Waals surface area contributed by atoms with Gasteiger partial charge in [-0.15, -0.1) is 0 Å². The van der Waals surface area contributed by atoms with E-state index in [4.69, 9.17) is 4.74 Å². The number of fused-ring (bicyclic) bond motifs is 1. The molecule has 0 bridgehead atoms. The van der Waals surface area contributed by atoms with Gasteiger partial charge in [0, 0.05) is 25.4 Å². The largest absolute Gasteiger partial charge is 0.486 e. The van der Waals surface area contributed by atoms with Crippen molar-refractivity contribution in [1.29, 1.82) is 0 Å². The minimum absolute atomic E-state index is 0.0401. The highest BCUT2D eigenvalue weighted by atomic mass is 16.5. The first-order valence-electron chi connectivity index (χ1n) is 10.8. The first-order valence-corrected chi connectivity index (χ1v) is 10.8. The summed E-state index contributed by atoms with van der Waals surface area (Å²) in [4.78, 5) is 39.9. The Morgan fingerprint density at radius 1 is 1.24 bits per heavy atom. The van der Waals surface area contributed by atoms with Gasteiger partial charge < -0.3 is 15.0 Å². The Kier molecular flexibility index (Phi) is 5.36. The van der Waals surface area contributed by atoms with Crippen molar-refractivity contribution in [2.24, 2.45) is 0 Å². The Balaban J connectivity index is 1.46. The van der Waals surface area contributed by atoms with E-state index in [-0.39, 0.29) is 36.5 Å². The number of likely N-dealkylation sites (tertiary alicyclic amines) is 1. The second-order valence-corrected chi connectivity index (χ2v) is 8.89. The molecule has 2 unspecified atom stereocenters. The lowest BCUT2D eigenvalue weighted by molar-refractivity contribution is -0.139. The van der Waals surface area contributed by atoms with Crippen LogP contribution in [0, 0.1) is 6.92 Å². The molecule has 1 saturated carbocycles. The monoisotopic (exact) mass is 398 g/mol. The summed E-state index contributed by atoms with van der Waals surface area (Å²) in [6, 6.07) is 5.39. The number of aryl methyl sites for hydroxylation is 1. The Morgan fingerprint density at radius 2 is 2.00 bits per heavy atom. The number of nitrogens with zero attached hydrogens (tertiary/aromatic N) is 1. The van der Waals surface area contributed by atoms with Gasteiger partial charge in [0.15, 0.2) is 5.78 Å². The van der Waals surface area contributed by atoms with Crippen LogP contribution >= 0.6 is 0 Å². The maximum absolute atomic E-state index is 12.8. The van der Waals surface area contributed by atoms with Crippen LogP contribution in [-0.2, 0) is 9.59 Å². The van der Waals surface area contributed by atoms with Crippen LogP contribution in [-0.4, -0.2) is 46.7 Å². The number of benzene rings is 1. The highest BCUT2D eigenvalue weighted by molar-refractivity contribution is 6.00. The van der Waals surface area contributed by atoms with Crippen molar-refractivity contribution >= 4 is 17.6 Å². The third kappa shape index (κ3) is 4.02. The summed E-state index contributed by atoms with van der Waals surface area (Å²) >= 11 is 0. The molecule has 4 rings (SSSR count). The molecule has 2 heterocycles. The van der Waals surface area contributed by atoms with E-state index in [1.54, 1.807) is 11.8 Å². The molecule has 6 nitrogen and oxygen atoms in total. The summed E-state index contributed by atoms with van der Waals surface area (Å²) < 4.78 is 6.31. The van der Waals surface area contributed by atoms with Crippen LogP contribution in [0.2, 0.25) is 0 Å². The molecular weight excluding hydrogens is 368 g/mol. The third-order valence-corrected chi connectivity index (χ3v) is 6.72. The predicted octanol–water partition coefficient (Wildman–Crippen LogP) is 3.16. The lowest BCUT2D eigenvalue weighted by Crippen LogP contribution is -2.50. The summed E-state index contributed by atoms with van der Waals surface area (Å²) in [5.74, 6) is 0.562. The topological polar surface area (TPSA) is 75.7 Å². The van der Waals surface area contributed by atoms with Gasteiger partial charge in [0.2, 0.25) is 11.8 Å². The van der Waals surface area contributed by atoms with E-state index in [0.717, 1.165) is 31.2 Å². The highest BCUT2D eigenvalue weighted by Gasteiger charge is 2.44. The van der Waals surface area contributed by atoms with Crippen LogP contribution in [0.1, 0.15) is 74.2 Å². The Bertz CT molecular complexity index is 830. The van der Waals surface area contributed by atoms with Gasteiger partial charge in [-0.3, -0.25) is 14.4 Å². The molecule has 2 amide bonds. The molecule has 1 aromatic rings. The molecule has 2 aliphatic heterocycles. The van der Waals surface area contributed by atoms with E-state index in [0.29, 0.717) is 30.7 Å². The number of rotatable bonds is 3. The normalized spacial score (nSPS) is 26.1. The minimum atomic E-state index is -0.661. The molecule has 1 saturated heterocycles. The Labute approximate surface area is 172 Å². The summed E-state index contributed by atoms with van der Waals surface area (Å²) in [5, 5.41) is 3.10. The zero-order chi connectivity index (χ0) is 20.6. The van der Waals surface area contributed by atoms with Gasteiger partial charge in [0.1, 0.15) is 17.4 Å². The van der Waals surface area contributed by atoms with Crippen molar-refractivity contribution in [2.75, 3.05) is 6.54 Å². The van der Waals surface area contributed by atoms with Crippen molar-refractivity contribution in [3.63, 3.8) is 0 Å². The van der Waals surface area contributed by atoms with E-state index >= 15 is 0 Å². The number of Topliss-reactive ketones (excluding diaryl/α,β-unsaturated/α-hetero) is 1. The smallest absolute Gasteiger partial charge is 0.242 e. The van der Waals surface area contributed by atoms with Crippen LogP contribution in [0.3, 0.4) is 0 Å². The fourth-order valence-corrected chi connectivity index (χ4v) is 4.88. The SMILES string of the molecule is Cc1ccc2c(c1)C(=O)CC1(CCC(=O)N(C(C)C(=O)NC3CCCC3)CC1)O2. The first-order chi connectivity index (χ1) is 13.9. The lowest BCUT2D eigenvalue weighted by atomic mass is 9.84. The number of carbonyl (C=O) groups is 3. The van der Waals surface area contributed by atoms with Gasteiger partial charge >= 0.3 is 0 Å². The molecule has 1 aliphatic carbocycles. The van der Waals surface area contributed by atoms with Gasteiger partial charge in [0.05, 0.1) is 12.0 Å². The van der Waals surface area contributed by atoms with Crippen LogP contribution in [0.25, 0.3) is 0 Å². The van der Waals surface area contributed by atoms with Crippen molar-refractivity contribution < 1.29 is 19.1 Å². The number of hydrogen-bond donors (Lipinski definition) is 1. The molecule has 29 heavy (non-hydrogen) atoms. The minimum Gasteiger partial charge on any atom is -0.486 e. The van der Waals surface area contributed by atoms with Crippen LogP contribution < -0.4 is 10.1 Å². The zero-order valence-electron chi connectivity index (χ0n) is 17.3. The standard InChI is InChI=1S/C23H30N2O4/c1-15-7-8-20-18(13-15)19(26)14-23(29-20)10-9-21(27)25(12-11-23)16(2)22(28)24-17-5-3-4-6-17/h7-8,13,16-17H,3-6,9-12,14H2,1-2H3,(H,24,28). The third-order valence-electron chi connectivity index (χ3n) is 6.72. The fourth-order valence-electron chi connectivity index (χ4n) is 4.88. The number of ether oxygens (including phenoxy) is 1. The number of amides is 2. The molecule has 2 fully saturated rings. The zero-order valence-corrected chi connectivity index (χ0v) is 17.3. The van der Waals surface area contributed by atoms with Gasteiger partial charge in [0.25, 0.3) is 0 Å². The molecular formula is C23H30N2O4. The fraction of sp³-hybridized carbons (Fsp3) is 0.609. The second-order valence-electron chi connectivity index (χ2n) is 8.89. The van der Waals surface area contributed by atoms with Crippen molar-refractivity contribution in [3.05, 3.63) is 29.3 Å². The molecule has 0 radical (unpaired) electrons. The highest BCUT2D eigenvalue weighted by Crippen LogP contribution is 2.40. The van der Waals surface area contributed by atoms with Crippen molar-refractivity contribution in [3.8, 4) is 5.75 Å². The molecule has 1 spiro atoms. The van der Waals surface area contributed by atoms with Crippen molar-refractivity contribution in [1.82, 2.24) is 10.2 Å². The maximum atomic E-state index is 12.8. The van der Waals surface area contributed by atoms with E-state index in [2.05, 4.69) is 5.32 Å². The van der Waals surface area contributed by atoms with Gasteiger partial charge in [-0.25, -0.2) is 0 Å². The van der Waals surface area contributed by atoms with E-state index < -0.39 is 11.6 Å².